The number of nitrogens with two attached hydrogens (primary N) is 1. The third-order valence-corrected chi connectivity index (χ3v) is 4.04. The third-order valence-electron chi connectivity index (χ3n) is 1.95. The number of hydrogen-bond donors (Lipinski definition) is 2. The van der Waals surface area contributed by atoms with E-state index in [1.54, 1.807) is 0 Å². The summed E-state index contributed by atoms with van der Waals surface area (Å²) in [5.41, 5.74) is 4.93. The summed E-state index contributed by atoms with van der Waals surface area (Å²) in [5, 5.41) is 0. The van der Waals surface area contributed by atoms with Crippen molar-refractivity contribution in [2.45, 2.75) is 46.6 Å². The summed E-state index contributed by atoms with van der Waals surface area (Å²) >= 11 is 4.80. The van der Waals surface area contributed by atoms with Crippen LogP contribution in [-0.2, 0) is 10.2 Å². The van der Waals surface area contributed by atoms with Crippen LogP contribution >= 0.6 is 12.2 Å². The molecule has 0 radical (unpaired) electrons. The maximum absolute atomic E-state index is 12.2. The fourth-order valence-corrected chi connectivity index (χ4v) is 3.22. The zero-order chi connectivity index (χ0) is 14.6. The highest BCUT2D eigenvalue weighted by atomic mass is 32.2. The van der Waals surface area contributed by atoms with Crippen LogP contribution in [0.3, 0.4) is 0 Å². The number of nitrogens with one attached hydrogen (secondary N) is 1. The van der Waals surface area contributed by atoms with E-state index >= 15 is 0 Å². The van der Waals surface area contributed by atoms with Crippen molar-refractivity contribution < 1.29 is 8.42 Å². The Labute approximate surface area is 116 Å². The molecule has 0 atom stereocenters. The molecule has 0 aliphatic heterocycles. The number of rotatable bonds is 7. The fraction of sp³-hybridized carbons (Fsp3) is 0.909. The standard InChI is InChI=1S/C11H25N3O2S2/c1-9(2)8-14(7-6-10(12)17)18(15,16)13-11(3,4)5/h9,13H,6-8H2,1-5H3,(H2,12,17). The van der Waals surface area contributed by atoms with Crippen molar-refractivity contribution in [1.29, 1.82) is 0 Å². The van der Waals surface area contributed by atoms with Crippen LogP contribution in [0.2, 0.25) is 0 Å². The zero-order valence-corrected chi connectivity index (χ0v) is 13.5. The molecule has 0 aliphatic rings. The predicted molar refractivity (Wildman–Crippen MR) is 79.6 cm³/mol. The van der Waals surface area contributed by atoms with Crippen LogP contribution in [-0.4, -0.2) is 36.3 Å². The predicted octanol–water partition coefficient (Wildman–Crippen LogP) is 1.25. The normalized spacial score (nSPS) is 13.3. The van der Waals surface area contributed by atoms with Gasteiger partial charge in [0.1, 0.15) is 0 Å². The average Bonchev–Trinajstić information content (AvgIpc) is 2.06. The second kappa shape index (κ2) is 6.79. The van der Waals surface area contributed by atoms with Gasteiger partial charge in [0.05, 0.1) is 4.99 Å². The number of thiocarbonyl (C=S) groups is 1. The molecule has 0 fully saturated rings. The SMILES string of the molecule is CC(C)CN(CCC(N)=S)S(=O)(=O)NC(C)(C)C. The molecule has 0 aliphatic carbocycles. The molecule has 0 aromatic carbocycles. The Balaban J connectivity index is 4.87. The van der Waals surface area contributed by atoms with Gasteiger partial charge in [0.2, 0.25) is 0 Å². The lowest BCUT2D eigenvalue weighted by Gasteiger charge is -2.28. The first-order chi connectivity index (χ1) is 7.94. The van der Waals surface area contributed by atoms with Gasteiger partial charge in [0, 0.05) is 25.0 Å². The Morgan fingerprint density at radius 3 is 2.22 bits per heavy atom. The van der Waals surface area contributed by atoms with Gasteiger partial charge in [-0.1, -0.05) is 26.1 Å². The first kappa shape index (κ1) is 17.8. The molecule has 108 valence electrons. The highest BCUT2D eigenvalue weighted by Gasteiger charge is 2.27. The van der Waals surface area contributed by atoms with Gasteiger partial charge in [0.15, 0.2) is 0 Å². The van der Waals surface area contributed by atoms with Crippen LogP contribution in [0.5, 0.6) is 0 Å². The van der Waals surface area contributed by atoms with Gasteiger partial charge in [-0.2, -0.15) is 17.4 Å². The molecule has 18 heavy (non-hydrogen) atoms. The highest BCUT2D eigenvalue weighted by molar-refractivity contribution is 7.87. The first-order valence-corrected chi connectivity index (χ1v) is 7.86. The summed E-state index contributed by atoms with van der Waals surface area (Å²) < 4.78 is 28.5. The molecule has 0 bridgehead atoms. The summed E-state index contributed by atoms with van der Waals surface area (Å²) in [5.74, 6) is 0.243. The van der Waals surface area contributed by atoms with Crippen molar-refractivity contribution in [2.24, 2.45) is 11.7 Å². The fourth-order valence-electron chi connectivity index (χ4n) is 1.40. The summed E-state index contributed by atoms with van der Waals surface area (Å²) in [6, 6.07) is 0. The largest absolute Gasteiger partial charge is 0.393 e. The van der Waals surface area contributed by atoms with Crippen LogP contribution < -0.4 is 10.5 Å². The molecule has 0 spiro atoms. The number of nitrogens with zero attached hydrogens (tertiary/aromatic N) is 1. The molecule has 3 N–H and O–H groups in total. The number of hydrogen-bond acceptors (Lipinski definition) is 3. The maximum atomic E-state index is 12.2. The van der Waals surface area contributed by atoms with E-state index in [0.29, 0.717) is 24.5 Å². The topological polar surface area (TPSA) is 75.4 Å². The van der Waals surface area contributed by atoms with Gasteiger partial charge in [-0.15, -0.1) is 0 Å². The minimum atomic E-state index is -3.50. The lowest BCUT2D eigenvalue weighted by atomic mass is 10.1. The Kier molecular flexibility index (Phi) is 6.70. The van der Waals surface area contributed by atoms with E-state index < -0.39 is 15.7 Å². The van der Waals surface area contributed by atoms with E-state index in [1.807, 2.05) is 34.6 Å². The van der Waals surface area contributed by atoms with Crippen LogP contribution in [0, 0.1) is 5.92 Å². The molecule has 0 amide bonds. The maximum Gasteiger partial charge on any atom is 0.279 e. The first-order valence-electron chi connectivity index (χ1n) is 6.01. The van der Waals surface area contributed by atoms with Gasteiger partial charge in [-0.25, -0.2) is 0 Å². The molecule has 0 rings (SSSR count). The molecule has 7 heteroatoms. The lowest BCUT2D eigenvalue weighted by molar-refractivity contribution is 0.356. The highest BCUT2D eigenvalue weighted by Crippen LogP contribution is 2.10. The molecule has 0 aromatic rings. The molecule has 0 unspecified atom stereocenters. The minimum absolute atomic E-state index is 0.243. The summed E-state index contributed by atoms with van der Waals surface area (Å²) in [7, 11) is -3.50. The summed E-state index contributed by atoms with van der Waals surface area (Å²) in [6.45, 7) is 10.1. The third kappa shape index (κ3) is 7.97. The molecular formula is C11H25N3O2S2. The smallest absolute Gasteiger partial charge is 0.279 e. The van der Waals surface area contributed by atoms with Crippen molar-refractivity contribution in [3.8, 4) is 0 Å². The van der Waals surface area contributed by atoms with Crippen molar-refractivity contribution in [1.82, 2.24) is 9.03 Å². The second-order valence-electron chi connectivity index (χ2n) is 5.83. The zero-order valence-electron chi connectivity index (χ0n) is 11.9. The van der Waals surface area contributed by atoms with Gasteiger partial charge in [0.25, 0.3) is 10.2 Å². The summed E-state index contributed by atoms with van der Waals surface area (Å²) in [4.78, 5) is 0.328. The molecule has 0 saturated carbocycles. The Morgan fingerprint density at radius 2 is 1.89 bits per heavy atom. The van der Waals surface area contributed by atoms with E-state index in [0.717, 1.165) is 0 Å². The van der Waals surface area contributed by atoms with Crippen molar-refractivity contribution in [3.05, 3.63) is 0 Å². The Morgan fingerprint density at radius 1 is 1.39 bits per heavy atom. The van der Waals surface area contributed by atoms with Crippen LogP contribution in [0.1, 0.15) is 41.0 Å². The van der Waals surface area contributed by atoms with Gasteiger partial charge in [-0.05, 0) is 26.7 Å². The van der Waals surface area contributed by atoms with E-state index in [2.05, 4.69) is 4.72 Å². The minimum Gasteiger partial charge on any atom is -0.393 e. The van der Waals surface area contributed by atoms with Gasteiger partial charge in [-0.3, -0.25) is 0 Å². The Hall–Kier alpha value is -0.240. The van der Waals surface area contributed by atoms with E-state index in [-0.39, 0.29) is 5.92 Å². The van der Waals surface area contributed by atoms with Gasteiger partial charge < -0.3 is 5.73 Å². The lowest BCUT2D eigenvalue weighted by Crippen LogP contribution is -2.50. The summed E-state index contributed by atoms with van der Waals surface area (Å²) in [6.07, 6.45) is 0.396. The molecule has 0 saturated heterocycles. The monoisotopic (exact) mass is 295 g/mol. The second-order valence-corrected chi connectivity index (χ2v) is 8.02. The van der Waals surface area contributed by atoms with Gasteiger partial charge >= 0.3 is 0 Å². The van der Waals surface area contributed by atoms with Crippen molar-refractivity contribution in [3.63, 3.8) is 0 Å². The Bertz CT molecular complexity index is 372. The van der Waals surface area contributed by atoms with E-state index in [1.165, 1.54) is 4.31 Å². The van der Waals surface area contributed by atoms with Crippen LogP contribution in [0.15, 0.2) is 0 Å². The molecule has 5 nitrogen and oxygen atoms in total. The van der Waals surface area contributed by atoms with Crippen LogP contribution in [0.4, 0.5) is 0 Å². The quantitative estimate of drug-likeness (QED) is 0.693. The van der Waals surface area contributed by atoms with Crippen molar-refractivity contribution in [2.75, 3.05) is 13.1 Å². The van der Waals surface area contributed by atoms with Crippen molar-refractivity contribution >= 4 is 27.4 Å². The molecule has 0 aromatic heterocycles. The van der Waals surface area contributed by atoms with E-state index in [9.17, 15) is 8.42 Å². The molecule has 0 heterocycles. The molecular weight excluding hydrogens is 270 g/mol. The van der Waals surface area contributed by atoms with E-state index in [4.69, 9.17) is 18.0 Å². The average molecular weight is 295 g/mol. The van der Waals surface area contributed by atoms with Crippen LogP contribution in [0.25, 0.3) is 0 Å².